The summed E-state index contributed by atoms with van der Waals surface area (Å²) in [5.74, 6) is 2.29. The molecule has 0 aliphatic rings. The van der Waals surface area contributed by atoms with Gasteiger partial charge in [-0.25, -0.2) is 4.98 Å². The van der Waals surface area contributed by atoms with Gasteiger partial charge < -0.3 is 14.2 Å². The number of benzene rings is 3. The van der Waals surface area contributed by atoms with Crippen LogP contribution in [0.25, 0.3) is 22.3 Å². The second kappa shape index (κ2) is 12.1. The zero-order valence-electron chi connectivity index (χ0n) is 22.5. The summed E-state index contributed by atoms with van der Waals surface area (Å²) in [4.78, 5) is 18.6. The highest BCUT2D eigenvalue weighted by molar-refractivity contribution is 9.10. The summed E-state index contributed by atoms with van der Waals surface area (Å²) in [6.07, 6.45) is 1.56. The monoisotopic (exact) mass is 588 g/mol. The molecule has 0 aliphatic heterocycles. The second-order valence-electron chi connectivity index (χ2n) is 9.08. The smallest absolute Gasteiger partial charge is 0.282 e. The third-order valence-electron chi connectivity index (χ3n) is 6.16. The Labute approximate surface area is 235 Å². The molecule has 4 rings (SSSR count). The lowest BCUT2D eigenvalue weighted by Gasteiger charge is -2.18. The van der Waals surface area contributed by atoms with Crippen molar-refractivity contribution in [2.45, 2.75) is 33.6 Å². The number of para-hydroxylation sites is 1. The van der Waals surface area contributed by atoms with Crippen LogP contribution in [0.2, 0.25) is 0 Å². The van der Waals surface area contributed by atoms with Gasteiger partial charge in [0.05, 0.1) is 30.8 Å². The quantitative estimate of drug-likeness (QED) is 0.208. The Morgan fingerprint density at radius 1 is 1.13 bits per heavy atom. The summed E-state index contributed by atoms with van der Waals surface area (Å²) < 4.78 is 18.8. The van der Waals surface area contributed by atoms with Crippen molar-refractivity contribution in [3.05, 3.63) is 80.0 Å². The highest BCUT2D eigenvalue weighted by atomic mass is 79.9. The van der Waals surface area contributed by atoms with E-state index in [0.29, 0.717) is 44.9 Å². The Bertz CT molecular complexity index is 1650. The summed E-state index contributed by atoms with van der Waals surface area (Å²) in [5, 5.41) is 13.9. The maximum atomic E-state index is 13.7. The van der Waals surface area contributed by atoms with Gasteiger partial charge in [0.25, 0.3) is 5.56 Å². The van der Waals surface area contributed by atoms with Crippen molar-refractivity contribution < 1.29 is 14.2 Å². The number of aromatic nitrogens is 2. The van der Waals surface area contributed by atoms with Crippen molar-refractivity contribution in [2.75, 3.05) is 20.3 Å². The SMILES string of the molecule is CCOc1cc(C)c(-c2nc3ccccc3c(=O)n2N=Cc2cc(OC)c(OCC#N)cc2Br)cc1C(C)C. The van der Waals surface area contributed by atoms with Gasteiger partial charge in [0.15, 0.2) is 23.9 Å². The van der Waals surface area contributed by atoms with Gasteiger partial charge in [-0.2, -0.15) is 15.0 Å². The molecule has 0 unspecified atom stereocenters. The standard InChI is InChI=1S/C30H29BrN4O4/c1-6-38-26-13-19(4)23(15-22(26)18(2)3)29-34-25-10-8-7-9-21(25)30(36)35(29)33-17-20-14-27(37-5)28(16-24(20)31)39-12-11-32/h7-10,13-18H,6,12H2,1-5H3. The van der Waals surface area contributed by atoms with E-state index >= 15 is 0 Å². The summed E-state index contributed by atoms with van der Waals surface area (Å²) in [7, 11) is 1.51. The van der Waals surface area contributed by atoms with Crippen LogP contribution in [0.15, 0.2) is 62.9 Å². The predicted octanol–water partition coefficient (Wildman–Crippen LogP) is 6.45. The van der Waals surface area contributed by atoms with Gasteiger partial charge in [-0.3, -0.25) is 4.79 Å². The van der Waals surface area contributed by atoms with Gasteiger partial charge in [-0.1, -0.05) is 26.0 Å². The highest BCUT2D eigenvalue weighted by Crippen LogP contribution is 2.35. The van der Waals surface area contributed by atoms with Gasteiger partial charge in [-0.15, -0.1) is 0 Å². The number of aryl methyl sites for hydroxylation is 1. The number of hydrogen-bond donors (Lipinski definition) is 0. The van der Waals surface area contributed by atoms with E-state index in [4.69, 9.17) is 24.5 Å². The third kappa shape index (κ3) is 5.81. The lowest BCUT2D eigenvalue weighted by molar-refractivity contribution is 0.329. The molecule has 3 aromatic carbocycles. The Morgan fingerprint density at radius 3 is 2.59 bits per heavy atom. The Kier molecular flexibility index (Phi) is 8.67. The van der Waals surface area contributed by atoms with Crippen LogP contribution in [-0.4, -0.2) is 36.2 Å². The van der Waals surface area contributed by atoms with Crippen LogP contribution in [0.1, 0.15) is 43.4 Å². The third-order valence-corrected chi connectivity index (χ3v) is 6.85. The molecule has 0 spiro atoms. The topological polar surface area (TPSA) is 98.7 Å². The molecule has 200 valence electrons. The van der Waals surface area contributed by atoms with E-state index < -0.39 is 0 Å². The van der Waals surface area contributed by atoms with E-state index in [1.54, 1.807) is 30.5 Å². The molecule has 0 atom stereocenters. The number of ether oxygens (including phenoxy) is 3. The van der Waals surface area contributed by atoms with E-state index in [1.807, 2.05) is 44.2 Å². The van der Waals surface area contributed by atoms with E-state index in [-0.39, 0.29) is 18.1 Å². The average Bonchev–Trinajstić information content (AvgIpc) is 2.92. The molecule has 0 bridgehead atoms. The molecule has 39 heavy (non-hydrogen) atoms. The van der Waals surface area contributed by atoms with Crippen molar-refractivity contribution in [2.24, 2.45) is 5.10 Å². The number of rotatable bonds is 9. The van der Waals surface area contributed by atoms with Crippen molar-refractivity contribution >= 4 is 33.0 Å². The van der Waals surface area contributed by atoms with Crippen LogP contribution in [-0.2, 0) is 0 Å². The van der Waals surface area contributed by atoms with Crippen LogP contribution < -0.4 is 19.8 Å². The van der Waals surface area contributed by atoms with Crippen LogP contribution >= 0.6 is 15.9 Å². The highest BCUT2D eigenvalue weighted by Gasteiger charge is 2.19. The van der Waals surface area contributed by atoms with Crippen LogP contribution in [0.4, 0.5) is 0 Å². The summed E-state index contributed by atoms with van der Waals surface area (Å²) in [6, 6.07) is 16.6. The number of hydrogen-bond acceptors (Lipinski definition) is 7. The fourth-order valence-electron chi connectivity index (χ4n) is 4.23. The van der Waals surface area contributed by atoms with Gasteiger partial charge in [0.2, 0.25) is 0 Å². The molecular formula is C30H29BrN4O4. The average molecular weight is 589 g/mol. The van der Waals surface area contributed by atoms with Crippen LogP contribution in [0.5, 0.6) is 17.2 Å². The van der Waals surface area contributed by atoms with E-state index in [0.717, 1.165) is 22.4 Å². The van der Waals surface area contributed by atoms with Crippen molar-refractivity contribution in [3.8, 4) is 34.7 Å². The van der Waals surface area contributed by atoms with Crippen molar-refractivity contribution in [1.82, 2.24) is 9.66 Å². The first-order valence-electron chi connectivity index (χ1n) is 12.5. The van der Waals surface area contributed by atoms with Gasteiger partial charge >= 0.3 is 0 Å². The lowest BCUT2D eigenvalue weighted by atomic mass is 9.96. The largest absolute Gasteiger partial charge is 0.494 e. The van der Waals surface area contributed by atoms with Gasteiger partial charge in [-0.05, 0) is 83.2 Å². The molecule has 0 N–H and O–H groups in total. The zero-order valence-corrected chi connectivity index (χ0v) is 24.1. The normalized spacial score (nSPS) is 11.2. The summed E-state index contributed by atoms with van der Waals surface area (Å²) in [6.45, 7) is 8.58. The van der Waals surface area contributed by atoms with Crippen LogP contribution in [0, 0.1) is 18.3 Å². The molecule has 0 saturated heterocycles. The number of fused-ring (bicyclic) bond motifs is 1. The van der Waals surface area contributed by atoms with E-state index in [2.05, 4.69) is 34.9 Å². The molecule has 1 aromatic heterocycles. The van der Waals surface area contributed by atoms with Crippen molar-refractivity contribution in [3.63, 3.8) is 0 Å². The molecular weight excluding hydrogens is 560 g/mol. The molecule has 1 heterocycles. The number of nitrogens with zero attached hydrogens (tertiary/aromatic N) is 4. The summed E-state index contributed by atoms with van der Waals surface area (Å²) in [5.41, 5.74) is 3.67. The number of nitriles is 1. The molecule has 9 heteroatoms. The summed E-state index contributed by atoms with van der Waals surface area (Å²) >= 11 is 3.53. The van der Waals surface area contributed by atoms with Gasteiger partial charge in [0, 0.05) is 15.6 Å². The minimum atomic E-state index is -0.289. The molecule has 0 aliphatic carbocycles. The molecule has 0 amide bonds. The minimum Gasteiger partial charge on any atom is -0.494 e. The lowest BCUT2D eigenvalue weighted by Crippen LogP contribution is -2.21. The minimum absolute atomic E-state index is 0.114. The first-order valence-corrected chi connectivity index (χ1v) is 13.3. The Morgan fingerprint density at radius 2 is 1.90 bits per heavy atom. The molecule has 0 saturated carbocycles. The fraction of sp³-hybridized carbons (Fsp3) is 0.267. The Balaban J connectivity index is 1.93. The maximum absolute atomic E-state index is 13.7. The first-order chi connectivity index (χ1) is 18.8. The van der Waals surface area contributed by atoms with E-state index in [9.17, 15) is 4.79 Å². The number of methoxy groups -OCH3 is 1. The first kappa shape index (κ1) is 27.9. The Hall–Kier alpha value is -4.16. The molecule has 0 radical (unpaired) electrons. The van der Waals surface area contributed by atoms with Crippen molar-refractivity contribution in [1.29, 1.82) is 5.26 Å². The van der Waals surface area contributed by atoms with Gasteiger partial charge in [0.1, 0.15) is 11.8 Å². The zero-order chi connectivity index (χ0) is 28.1. The number of halogens is 1. The predicted molar refractivity (Wildman–Crippen MR) is 156 cm³/mol. The van der Waals surface area contributed by atoms with E-state index in [1.165, 1.54) is 11.8 Å². The maximum Gasteiger partial charge on any atom is 0.282 e. The fourth-order valence-corrected chi connectivity index (χ4v) is 4.65. The molecule has 8 nitrogen and oxygen atoms in total. The molecule has 4 aromatic rings. The molecule has 0 fully saturated rings. The van der Waals surface area contributed by atoms with Crippen LogP contribution in [0.3, 0.4) is 0 Å². The second-order valence-corrected chi connectivity index (χ2v) is 9.93.